The molecule has 1 fully saturated rings. The van der Waals surface area contributed by atoms with E-state index < -0.39 is 5.97 Å². The van der Waals surface area contributed by atoms with Gasteiger partial charge in [0.15, 0.2) is 0 Å². The van der Waals surface area contributed by atoms with Gasteiger partial charge in [0, 0.05) is 44.1 Å². The van der Waals surface area contributed by atoms with E-state index in [-0.39, 0.29) is 5.91 Å². The van der Waals surface area contributed by atoms with Crippen molar-refractivity contribution in [2.75, 3.05) is 36.4 Å². The van der Waals surface area contributed by atoms with Gasteiger partial charge in [0.05, 0.1) is 12.0 Å². The average Bonchev–Trinajstić information content (AvgIpc) is 3.02. The molecule has 2 aliphatic heterocycles. The van der Waals surface area contributed by atoms with Crippen molar-refractivity contribution in [1.29, 1.82) is 0 Å². The van der Waals surface area contributed by atoms with Gasteiger partial charge in [-0.2, -0.15) is 0 Å². The van der Waals surface area contributed by atoms with Crippen LogP contribution in [0.2, 0.25) is 0 Å². The number of fused-ring (bicyclic) bond motifs is 1. The van der Waals surface area contributed by atoms with Crippen LogP contribution in [-0.4, -0.2) is 48.1 Å². The molecule has 0 saturated carbocycles. The second-order valence-electron chi connectivity index (χ2n) is 6.83. The fraction of sp³-hybridized carbons (Fsp3) is 0.300. The quantitative estimate of drug-likeness (QED) is 0.884. The molecule has 134 valence electrons. The van der Waals surface area contributed by atoms with Crippen molar-refractivity contribution in [1.82, 2.24) is 4.90 Å². The van der Waals surface area contributed by atoms with E-state index >= 15 is 0 Å². The zero-order valence-corrected chi connectivity index (χ0v) is 14.4. The van der Waals surface area contributed by atoms with Crippen LogP contribution in [0.25, 0.3) is 0 Å². The lowest BCUT2D eigenvalue weighted by atomic mass is 10.1. The zero-order valence-electron chi connectivity index (χ0n) is 14.4. The number of carbonyl (C=O) groups excluding carboxylic acids is 1. The highest BCUT2D eigenvalue weighted by Crippen LogP contribution is 2.25. The van der Waals surface area contributed by atoms with Crippen LogP contribution in [0, 0.1) is 0 Å². The highest BCUT2D eigenvalue weighted by molar-refractivity contribution is 5.99. The van der Waals surface area contributed by atoms with E-state index in [1.165, 1.54) is 5.56 Å². The molecule has 0 unspecified atom stereocenters. The van der Waals surface area contributed by atoms with Crippen LogP contribution in [-0.2, 0) is 17.8 Å². The SMILES string of the molecule is O=C1Cc2cc(CN3CCN(c4ccc(C(=O)O)cc4)CC3)ccc2N1. The van der Waals surface area contributed by atoms with E-state index in [1.54, 1.807) is 12.1 Å². The Balaban J connectivity index is 1.34. The highest BCUT2D eigenvalue weighted by Gasteiger charge is 2.20. The predicted octanol–water partition coefficient (Wildman–Crippen LogP) is 2.20. The van der Waals surface area contributed by atoms with E-state index in [4.69, 9.17) is 5.11 Å². The summed E-state index contributed by atoms with van der Waals surface area (Å²) in [6, 6.07) is 13.3. The third kappa shape index (κ3) is 3.41. The van der Waals surface area contributed by atoms with Crippen molar-refractivity contribution in [2.24, 2.45) is 0 Å². The number of hydrogen-bond donors (Lipinski definition) is 2. The van der Waals surface area contributed by atoms with Crippen molar-refractivity contribution in [3.63, 3.8) is 0 Å². The van der Waals surface area contributed by atoms with Gasteiger partial charge >= 0.3 is 5.97 Å². The van der Waals surface area contributed by atoms with Crippen molar-refractivity contribution < 1.29 is 14.7 Å². The number of carboxylic acids is 1. The Morgan fingerprint density at radius 3 is 2.46 bits per heavy atom. The summed E-state index contributed by atoms with van der Waals surface area (Å²) in [5, 5.41) is 11.9. The molecule has 2 heterocycles. The minimum atomic E-state index is -0.896. The Labute approximate surface area is 152 Å². The summed E-state index contributed by atoms with van der Waals surface area (Å²) in [4.78, 5) is 27.1. The van der Waals surface area contributed by atoms with Gasteiger partial charge in [-0.25, -0.2) is 4.79 Å². The molecule has 6 nitrogen and oxygen atoms in total. The molecule has 2 aliphatic rings. The number of carboxylic acid groups (broad SMARTS) is 1. The molecule has 0 spiro atoms. The first-order chi connectivity index (χ1) is 12.6. The summed E-state index contributed by atoms with van der Waals surface area (Å²) in [5.74, 6) is -0.827. The molecule has 2 aromatic rings. The third-order valence-electron chi connectivity index (χ3n) is 5.05. The molecule has 6 heteroatoms. The van der Waals surface area contributed by atoms with Gasteiger partial charge < -0.3 is 15.3 Å². The van der Waals surface area contributed by atoms with Crippen molar-refractivity contribution in [3.05, 3.63) is 59.2 Å². The maximum atomic E-state index is 11.5. The molecular formula is C20H21N3O3. The molecule has 2 aromatic carbocycles. The van der Waals surface area contributed by atoms with Gasteiger partial charge in [-0.1, -0.05) is 12.1 Å². The Morgan fingerprint density at radius 2 is 1.77 bits per heavy atom. The number of aromatic carboxylic acids is 1. The highest BCUT2D eigenvalue weighted by atomic mass is 16.4. The molecule has 0 bridgehead atoms. The molecule has 0 atom stereocenters. The summed E-state index contributed by atoms with van der Waals surface area (Å²) in [6.45, 7) is 4.62. The fourth-order valence-corrected chi connectivity index (χ4v) is 3.62. The maximum Gasteiger partial charge on any atom is 0.335 e. The number of nitrogens with zero attached hydrogens (tertiary/aromatic N) is 2. The average molecular weight is 351 g/mol. The first kappa shape index (κ1) is 16.6. The van der Waals surface area contributed by atoms with Crippen LogP contribution in [0.4, 0.5) is 11.4 Å². The van der Waals surface area contributed by atoms with E-state index in [0.29, 0.717) is 12.0 Å². The van der Waals surface area contributed by atoms with E-state index in [2.05, 4.69) is 27.2 Å². The molecule has 1 amide bonds. The van der Waals surface area contributed by atoms with Crippen LogP contribution in [0.15, 0.2) is 42.5 Å². The Morgan fingerprint density at radius 1 is 1.04 bits per heavy atom. The molecule has 26 heavy (non-hydrogen) atoms. The van der Waals surface area contributed by atoms with Gasteiger partial charge in [-0.15, -0.1) is 0 Å². The summed E-state index contributed by atoms with van der Waals surface area (Å²) in [5.41, 5.74) is 4.64. The zero-order chi connectivity index (χ0) is 18.1. The topological polar surface area (TPSA) is 72.9 Å². The lowest BCUT2D eigenvalue weighted by Crippen LogP contribution is -2.45. The third-order valence-corrected chi connectivity index (χ3v) is 5.05. The minimum absolute atomic E-state index is 0.0691. The van der Waals surface area contributed by atoms with Crippen molar-refractivity contribution >= 4 is 23.3 Å². The fourth-order valence-electron chi connectivity index (χ4n) is 3.62. The molecule has 4 rings (SSSR count). The number of nitrogens with one attached hydrogen (secondary N) is 1. The van der Waals surface area contributed by atoms with Crippen molar-refractivity contribution in [2.45, 2.75) is 13.0 Å². The summed E-state index contributed by atoms with van der Waals surface area (Å²) in [7, 11) is 0. The lowest BCUT2D eigenvalue weighted by Gasteiger charge is -2.36. The maximum absolute atomic E-state index is 11.5. The Kier molecular flexibility index (Phi) is 4.34. The van der Waals surface area contributed by atoms with Crippen LogP contribution < -0.4 is 10.2 Å². The van der Waals surface area contributed by atoms with Gasteiger partial charge in [0.1, 0.15) is 0 Å². The molecular weight excluding hydrogens is 330 g/mol. The van der Waals surface area contributed by atoms with Crippen molar-refractivity contribution in [3.8, 4) is 0 Å². The molecule has 0 radical (unpaired) electrons. The summed E-state index contributed by atoms with van der Waals surface area (Å²) < 4.78 is 0. The van der Waals surface area contributed by atoms with E-state index in [1.807, 2.05) is 18.2 Å². The first-order valence-electron chi connectivity index (χ1n) is 8.81. The van der Waals surface area contributed by atoms with Crippen LogP contribution >= 0.6 is 0 Å². The molecule has 0 aliphatic carbocycles. The number of hydrogen-bond acceptors (Lipinski definition) is 4. The molecule has 0 aromatic heterocycles. The number of piperazine rings is 1. The summed E-state index contributed by atoms with van der Waals surface area (Å²) in [6.07, 6.45) is 0.475. The number of carbonyl (C=O) groups is 2. The van der Waals surface area contributed by atoms with Crippen LogP contribution in [0.3, 0.4) is 0 Å². The van der Waals surface area contributed by atoms with Gasteiger partial charge in [-0.05, 0) is 41.5 Å². The monoisotopic (exact) mass is 351 g/mol. The normalized spacial score (nSPS) is 17.1. The Hall–Kier alpha value is -2.86. The van der Waals surface area contributed by atoms with Crippen LogP contribution in [0.1, 0.15) is 21.5 Å². The van der Waals surface area contributed by atoms with Crippen LogP contribution in [0.5, 0.6) is 0 Å². The number of anilines is 2. The number of benzene rings is 2. The lowest BCUT2D eigenvalue weighted by molar-refractivity contribution is -0.115. The number of rotatable bonds is 4. The summed E-state index contributed by atoms with van der Waals surface area (Å²) >= 11 is 0. The van der Waals surface area contributed by atoms with Gasteiger partial charge in [-0.3, -0.25) is 9.69 Å². The molecule has 2 N–H and O–H groups in total. The standard InChI is InChI=1S/C20H21N3O3/c24-19-12-16-11-14(1-6-18(16)21-19)13-22-7-9-23(10-8-22)17-4-2-15(3-5-17)20(25)26/h1-6,11H,7-10,12-13H2,(H,21,24)(H,25,26). The van der Waals surface area contributed by atoms with Gasteiger partial charge in [0.2, 0.25) is 5.91 Å². The largest absolute Gasteiger partial charge is 0.478 e. The smallest absolute Gasteiger partial charge is 0.335 e. The first-order valence-corrected chi connectivity index (χ1v) is 8.81. The molecule has 1 saturated heterocycles. The second-order valence-corrected chi connectivity index (χ2v) is 6.83. The predicted molar refractivity (Wildman–Crippen MR) is 99.7 cm³/mol. The minimum Gasteiger partial charge on any atom is -0.478 e. The van der Waals surface area contributed by atoms with E-state index in [9.17, 15) is 9.59 Å². The second kappa shape index (κ2) is 6.80. The van der Waals surface area contributed by atoms with Gasteiger partial charge in [0.25, 0.3) is 0 Å². The Bertz CT molecular complexity index is 840. The number of amides is 1. The van der Waals surface area contributed by atoms with E-state index in [0.717, 1.165) is 49.7 Å².